The van der Waals surface area contributed by atoms with E-state index in [9.17, 15) is 19.5 Å². The maximum atomic E-state index is 13.2. The third-order valence-corrected chi connectivity index (χ3v) is 6.35. The number of fused-ring (bicyclic) bond motifs is 1. The molecule has 0 aliphatic heterocycles. The van der Waals surface area contributed by atoms with E-state index in [-0.39, 0.29) is 23.8 Å². The second-order valence-corrected chi connectivity index (χ2v) is 8.49. The number of benzene rings is 2. The first-order valence-corrected chi connectivity index (χ1v) is 11.3. The molecule has 1 saturated carbocycles. The van der Waals surface area contributed by atoms with Crippen LogP contribution in [0.4, 0.5) is 0 Å². The molecule has 172 valence electrons. The number of nitrogens with zero attached hydrogens (tertiary/aromatic N) is 3. The van der Waals surface area contributed by atoms with E-state index in [1.807, 2.05) is 0 Å². The van der Waals surface area contributed by atoms with Gasteiger partial charge in [-0.05, 0) is 61.6 Å². The van der Waals surface area contributed by atoms with Crippen LogP contribution in [0.1, 0.15) is 43.0 Å². The molecule has 1 heterocycles. The molecule has 3 aromatic rings. The van der Waals surface area contributed by atoms with Crippen LogP contribution in [0, 0.1) is 17.8 Å². The monoisotopic (exact) mass is 449 g/mol. The van der Waals surface area contributed by atoms with Gasteiger partial charge in [0.15, 0.2) is 5.78 Å². The maximum absolute atomic E-state index is 13.2. The molecule has 8 heteroatoms. The van der Waals surface area contributed by atoms with Crippen molar-refractivity contribution in [2.24, 2.45) is 17.8 Å². The number of ether oxygens (including phenoxy) is 1. The molecule has 0 saturated heterocycles. The standard InChI is InChI=1S/C25H27N3O5/c1-2-3-14-33-18-11-8-16(9-12-18)23(29)20-13-10-17(22(20)25(31)32)15-28-24(30)19-6-4-5-7-21(19)26-27-28/h4-9,11-12,17,20,22H,2-3,10,13-15H2,1H3,(H,31,32)/t17-,20-,22-/m0/s1. The molecule has 2 aromatic carbocycles. The predicted octanol–water partition coefficient (Wildman–Crippen LogP) is 3.58. The van der Waals surface area contributed by atoms with Crippen molar-refractivity contribution in [1.82, 2.24) is 15.0 Å². The van der Waals surface area contributed by atoms with E-state index in [1.165, 1.54) is 4.68 Å². The van der Waals surface area contributed by atoms with Gasteiger partial charge < -0.3 is 9.84 Å². The molecule has 1 N–H and O–H groups in total. The highest BCUT2D eigenvalue weighted by Gasteiger charge is 2.45. The summed E-state index contributed by atoms with van der Waals surface area (Å²) in [5.74, 6) is -2.46. The van der Waals surface area contributed by atoms with Crippen LogP contribution < -0.4 is 10.3 Å². The van der Waals surface area contributed by atoms with Gasteiger partial charge in [0.1, 0.15) is 11.3 Å². The van der Waals surface area contributed by atoms with Crippen molar-refractivity contribution in [2.45, 2.75) is 39.2 Å². The van der Waals surface area contributed by atoms with Gasteiger partial charge in [-0.2, -0.15) is 0 Å². The minimum absolute atomic E-state index is 0.113. The third-order valence-electron chi connectivity index (χ3n) is 6.35. The summed E-state index contributed by atoms with van der Waals surface area (Å²) in [6.45, 7) is 2.82. The number of Topliss-reactive ketones (excluding diaryl/α,β-unsaturated/α-hetero) is 1. The molecule has 33 heavy (non-hydrogen) atoms. The Morgan fingerprint density at radius 2 is 1.88 bits per heavy atom. The number of hydrogen-bond donors (Lipinski definition) is 1. The molecule has 1 aliphatic carbocycles. The normalized spacial score (nSPS) is 20.1. The number of carboxylic acids is 1. The van der Waals surface area contributed by atoms with Crippen LogP contribution in [0.25, 0.3) is 10.9 Å². The van der Waals surface area contributed by atoms with E-state index in [2.05, 4.69) is 17.2 Å². The number of aromatic nitrogens is 3. The zero-order valence-electron chi connectivity index (χ0n) is 18.5. The molecule has 1 aliphatic rings. The average Bonchev–Trinajstić information content (AvgIpc) is 3.25. The van der Waals surface area contributed by atoms with Gasteiger partial charge in [0.05, 0.1) is 24.5 Å². The van der Waals surface area contributed by atoms with E-state index >= 15 is 0 Å². The predicted molar refractivity (Wildman–Crippen MR) is 122 cm³/mol. The minimum atomic E-state index is -1.03. The zero-order valence-corrected chi connectivity index (χ0v) is 18.5. The second kappa shape index (κ2) is 9.94. The van der Waals surface area contributed by atoms with Gasteiger partial charge in [-0.3, -0.25) is 14.4 Å². The van der Waals surface area contributed by atoms with E-state index in [1.54, 1.807) is 48.5 Å². The molecule has 4 rings (SSSR count). The third kappa shape index (κ3) is 4.79. The quantitative estimate of drug-likeness (QED) is 0.392. The summed E-state index contributed by atoms with van der Waals surface area (Å²) in [5, 5.41) is 18.4. The topological polar surface area (TPSA) is 111 Å². The smallest absolute Gasteiger partial charge is 0.307 e. The van der Waals surface area contributed by atoms with Crippen molar-refractivity contribution < 1.29 is 19.4 Å². The maximum Gasteiger partial charge on any atom is 0.307 e. The first kappa shape index (κ1) is 22.6. The highest BCUT2D eigenvalue weighted by molar-refractivity contribution is 6.00. The Labute approximate surface area is 191 Å². The fourth-order valence-corrected chi connectivity index (χ4v) is 4.58. The first-order chi connectivity index (χ1) is 16.0. The van der Waals surface area contributed by atoms with Gasteiger partial charge in [-0.1, -0.05) is 30.7 Å². The van der Waals surface area contributed by atoms with Crippen molar-refractivity contribution >= 4 is 22.7 Å². The molecule has 0 unspecified atom stereocenters. The fraction of sp³-hybridized carbons (Fsp3) is 0.400. The van der Waals surface area contributed by atoms with Crippen LogP contribution in [0.2, 0.25) is 0 Å². The summed E-state index contributed by atoms with van der Waals surface area (Å²) < 4.78 is 6.86. The molecule has 0 amide bonds. The molecule has 0 radical (unpaired) electrons. The lowest BCUT2D eigenvalue weighted by Gasteiger charge is -2.20. The molecule has 1 fully saturated rings. The summed E-state index contributed by atoms with van der Waals surface area (Å²) in [6, 6.07) is 13.8. The molecule has 3 atom stereocenters. The number of ketones is 1. The van der Waals surface area contributed by atoms with Crippen LogP contribution >= 0.6 is 0 Å². The summed E-state index contributed by atoms with van der Waals surface area (Å²) in [7, 11) is 0. The van der Waals surface area contributed by atoms with Crippen molar-refractivity contribution in [1.29, 1.82) is 0 Å². The first-order valence-electron chi connectivity index (χ1n) is 11.3. The fourth-order valence-electron chi connectivity index (χ4n) is 4.58. The molecule has 8 nitrogen and oxygen atoms in total. The SMILES string of the molecule is CCCCOc1ccc(C(=O)[C@H]2CC[C@@H](Cn3nnc4ccccc4c3=O)[C@@H]2C(=O)O)cc1. The molecule has 1 aromatic heterocycles. The van der Waals surface area contributed by atoms with Gasteiger partial charge in [0.25, 0.3) is 5.56 Å². The van der Waals surface area contributed by atoms with Crippen LogP contribution in [-0.4, -0.2) is 38.5 Å². The second-order valence-electron chi connectivity index (χ2n) is 8.49. The average molecular weight is 450 g/mol. The van der Waals surface area contributed by atoms with Crippen molar-refractivity contribution in [3.05, 3.63) is 64.4 Å². The summed E-state index contributed by atoms with van der Waals surface area (Å²) in [4.78, 5) is 38.1. The zero-order chi connectivity index (χ0) is 23.4. The van der Waals surface area contributed by atoms with Gasteiger partial charge >= 0.3 is 5.97 Å². The number of unbranched alkanes of at least 4 members (excludes halogenated alkanes) is 1. The summed E-state index contributed by atoms with van der Waals surface area (Å²) in [6.07, 6.45) is 2.96. The molecular weight excluding hydrogens is 422 g/mol. The van der Waals surface area contributed by atoms with Crippen LogP contribution in [-0.2, 0) is 11.3 Å². The molecule has 0 spiro atoms. The van der Waals surface area contributed by atoms with Gasteiger partial charge in [-0.25, -0.2) is 4.68 Å². The van der Waals surface area contributed by atoms with E-state index in [0.29, 0.717) is 41.7 Å². The Morgan fingerprint density at radius 3 is 2.61 bits per heavy atom. The van der Waals surface area contributed by atoms with Gasteiger partial charge in [-0.15, -0.1) is 5.10 Å². The lowest BCUT2D eigenvalue weighted by Crippen LogP contribution is -2.34. The number of hydrogen-bond acceptors (Lipinski definition) is 6. The van der Waals surface area contributed by atoms with Crippen LogP contribution in [0.15, 0.2) is 53.3 Å². The Kier molecular flexibility index (Phi) is 6.82. The number of carboxylic acid groups (broad SMARTS) is 1. The Morgan fingerprint density at radius 1 is 1.12 bits per heavy atom. The summed E-state index contributed by atoms with van der Waals surface area (Å²) in [5.41, 5.74) is 0.658. The highest BCUT2D eigenvalue weighted by Crippen LogP contribution is 2.40. The number of carbonyl (C=O) groups excluding carboxylic acids is 1. The van der Waals surface area contributed by atoms with E-state index in [4.69, 9.17) is 4.74 Å². The van der Waals surface area contributed by atoms with Crippen LogP contribution in [0.3, 0.4) is 0 Å². The molecular formula is C25H27N3O5. The van der Waals surface area contributed by atoms with E-state index in [0.717, 1.165) is 12.8 Å². The van der Waals surface area contributed by atoms with Gasteiger partial charge in [0.2, 0.25) is 0 Å². The number of carbonyl (C=O) groups is 2. The van der Waals surface area contributed by atoms with Crippen LogP contribution in [0.5, 0.6) is 5.75 Å². The largest absolute Gasteiger partial charge is 0.494 e. The van der Waals surface area contributed by atoms with Gasteiger partial charge in [0, 0.05) is 11.5 Å². The summed E-state index contributed by atoms with van der Waals surface area (Å²) >= 11 is 0. The van der Waals surface area contributed by atoms with Crippen molar-refractivity contribution in [3.63, 3.8) is 0 Å². The van der Waals surface area contributed by atoms with Crippen molar-refractivity contribution in [2.75, 3.05) is 6.61 Å². The van der Waals surface area contributed by atoms with Crippen molar-refractivity contribution in [3.8, 4) is 5.75 Å². The Balaban J connectivity index is 1.51. The minimum Gasteiger partial charge on any atom is -0.494 e. The number of rotatable bonds is 9. The Hall–Kier alpha value is -3.55. The van der Waals surface area contributed by atoms with E-state index < -0.39 is 17.8 Å². The molecule has 0 bridgehead atoms. The highest BCUT2D eigenvalue weighted by atomic mass is 16.5. The Bertz CT molecular complexity index is 1200. The lowest BCUT2D eigenvalue weighted by molar-refractivity contribution is -0.144. The lowest BCUT2D eigenvalue weighted by atomic mass is 9.84. The number of aliphatic carboxylic acids is 1.